The van der Waals surface area contributed by atoms with Crippen molar-refractivity contribution in [2.45, 2.75) is 4.90 Å². The Balaban J connectivity index is 2.08. The molecule has 0 bridgehead atoms. The van der Waals surface area contributed by atoms with E-state index in [4.69, 9.17) is 0 Å². The summed E-state index contributed by atoms with van der Waals surface area (Å²) < 4.78 is 0. The molecule has 19 heavy (non-hydrogen) atoms. The van der Waals surface area contributed by atoms with Crippen LogP contribution in [0.4, 0.5) is 17.1 Å². The molecule has 0 aliphatic heterocycles. The van der Waals surface area contributed by atoms with Crippen LogP contribution in [0.2, 0.25) is 0 Å². The van der Waals surface area contributed by atoms with E-state index in [2.05, 4.69) is 21.4 Å². The van der Waals surface area contributed by atoms with Gasteiger partial charge in [0.1, 0.15) is 0 Å². The SMILES string of the molecule is CSc1ccc(N=Nc2ccc(N(C)C)cc2)cc1. The molecule has 98 valence electrons. The number of rotatable bonds is 4. The molecule has 0 heterocycles. The molecule has 0 radical (unpaired) electrons. The molecule has 0 N–H and O–H groups in total. The number of hydrogen-bond acceptors (Lipinski definition) is 4. The monoisotopic (exact) mass is 271 g/mol. The zero-order valence-corrected chi connectivity index (χ0v) is 12.2. The quantitative estimate of drug-likeness (QED) is 0.585. The van der Waals surface area contributed by atoms with Gasteiger partial charge in [-0.15, -0.1) is 11.8 Å². The molecule has 3 nitrogen and oxygen atoms in total. The smallest absolute Gasteiger partial charge is 0.0858 e. The van der Waals surface area contributed by atoms with Crippen molar-refractivity contribution >= 4 is 28.8 Å². The van der Waals surface area contributed by atoms with Crippen LogP contribution in [0.25, 0.3) is 0 Å². The minimum absolute atomic E-state index is 0.861. The highest BCUT2D eigenvalue weighted by molar-refractivity contribution is 7.98. The van der Waals surface area contributed by atoms with E-state index in [1.807, 2.05) is 62.6 Å². The van der Waals surface area contributed by atoms with Gasteiger partial charge in [-0.3, -0.25) is 0 Å². The van der Waals surface area contributed by atoms with Crippen LogP contribution in [0.3, 0.4) is 0 Å². The third kappa shape index (κ3) is 3.83. The summed E-state index contributed by atoms with van der Waals surface area (Å²) in [5.41, 5.74) is 2.89. The molecule has 2 rings (SSSR count). The Bertz CT molecular complexity index is 545. The first-order valence-corrected chi connectivity index (χ1v) is 7.25. The Morgan fingerprint density at radius 1 is 0.789 bits per heavy atom. The molecule has 2 aromatic rings. The maximum atomic E-state index is 4.23. The lowest BCUT2D eigenvalue weighted by molar-refractivity contribution is 1.13. The molecule has 0 aliphatic carbocycles. The molecule has 4 heteroatoms. The fourth-order valence-electron chi connectivity index (χ4n) is 1.58. The van der Waals surface area contributed by atoms with Crippen molar-refractivity contribution in [3.8, 4) is 0 Å². The third-order valence-corrected chi connectivity index (χ3v) is 3.46. The van der Waals surface area contributed by atoms with Crippen LogP contribution in [-0.2, 0) is 0 Å². The summed E-state index contributed by atoms with van der Waals surface area (Å²) in [5, 5.41) is 8.46. The van der Waals surface area contributed by atoms with Crippen molar-refractivity contribution in [3.05, 3.63) is 48.5 Å². The Morgan fingerprint density at radius 3 is 1.68 bits per heavy atom. The Hall–Kier alpha value is -1.81. The third-order valence-electron chi connectivity index (χ3n) is 2.72. The highest BCUT2D eigenvalue weighted by Crippen LogP contribution is 2.23. The van der Waals surface area contributed by atoms with Crippen molar-refractivity contribution in [3.63, 3.8) is 0 Å². The van der Waals surface area contributed by atoms with Crippen molar-refractivity contribution in [2.75, 3.05) is 25.3 Å². The van der Waals surface area contributed by atoms with Gasteiger partial charge in [-0.25, -0.2) is 0 Å². The van der Waals surface area contributed by atoms with Crippen molar-refractivity contribution in [2.24, 2.45) is 10.2 Å². The minimum atomic E-state index is 0.861. The van der Waals surface area contributed by atoms with Crippen LogP contribution >= 0.6 is 11.8 Å². The molecular formula is C15H17N3S. The van der Waals surface area contributed by atoms with Gasteiger partial charge in [-0.05, 0) is 54.8 Å². The number of thioether (sulfide) groups is 1. The molecule has 2 aromatic carbocycles. The summed E-state index contributed by atoms with van der Waals surface area (Å²) in [6.45, 7) is 0. The molecule has 0 spiro atoms. The fraction of sp³-hybridized carbons (Fsp3) is 0.200. The topological polar surface area (TPSA) is 28.0 Å². The molecular weight excluding hydrogens is 254 g/mol. The Morgan fingerprint density at radius 2 is 1.26 bits per heavy atom. The number of azo groups is 1. The second kappa shape index (κ2) is 6.38. The standard InChI is InChI=1S/C15H17N3S/c1-18(2)14-8-4-12(5-9-14)16-17-13-6-10-15(19-3)11-7-13/h4-11H,1-3H3. The summed E-state index contributed by atoms with van der Waals surface area (Å²) in [4.78, 5) is 3.29. The van der Waals surface area contributed by atoms with E-state index >= 15 is 0 Å². The molecule has 0 aliphatic rings. The van der Waals surface area contributed by atoms with Crippen LogP contribution in [0.15, 0.2) is 63.7 Å². The first-order chi connectivity index (χ1) is 9.19. The summed E-state index contributed by atoms with van der Waals surface area (Å²) in [6.07, 6.45) is 2.06. The van der Waals surface area contributed by atoms with Gasteiger partial charge in [0.15, 0.2) is 0 Å². The van der Waals surface area contributed by atoms with Crippen LogP contribution < -0.4 is 4.90 Å². The summed E-state index contributed by atoms with van der Waals surface area (Å²) in [7, 11) is 4.04. The first kappa shape index (κ1) is 13.6. The van der Waals surface area contributed by atoms with Crippen LogP contribution in [0.5, 0.6) is 0 Å². The summed E-state index contributed by atoms with van der Waals surface area (Å²) >= 11 is 1.72. The van der Waals surface area contributed by atoms with Crippen LogP contribution in [0, 0.1) is 0 Å². The van der Waals surface area contributed by atoms with Crippen molar-refractivity contribution in [1.82, 2.24) is 0 Å². The van der Waals surface area contributed by atoms with Crippen molar-refractivity contribution < 1.29 is 0 Å². The van der Waals surface area contributed by atoms with E-state index in [-0.39, 0.29) is 0 Å². The van der Waals surface area contributed by atoms with Crippen LogP contribution in [-0.4, -0.2) is 20.4 Å². The van der Waals surface area contributed by atoms with E-state index < -0.39 is 0 Å². The molecule has 0 atom stereocenters. The normalized spacial score (nSPS) is 10.9. The van der Waals surface area contributed by atoms with E-state index in [0.717, 1.165) is 17.1 Å². The molecule has 0 unspecified atom stereocenters. The number of hydrogen-bond donors (Lipinski definition) is 0. The summed E-state index contributed by atoms with van der Waals surface area (Å²) in [6, 6.07) is 16.1. The van der Waals surface area contributed by atoms with Crippen LogP contribution in [0.1, 0.15) is 0 Å². The zero-order chi connectivity index (χ0) is 13.7. The molecule has 0 fully saturated rings. The second-order valence-electron chi connectivity index (χ2n) is 4.31. The molecule has 0 saturated heterocycles. The van der Waals surface area contributed by atoms with Gasteiger partial charge in [-0.2, -0.15) is 10.2 Å². The van der Waals surface area contributed by atoms with E-state index in [9.17, 15) is 0 Å². The first-order valence-electron chi connectivity index (χ1n) is 6.02. The number of nitrogens with zero attached hydrogens (tertiary/aromatic N) is 3. The maximum Gasteiger partial charge on any atom is 0.0858 e. The lowest BCUT2D eigenvalue weighted by Gasteiger charge is -2.11. The Kier molecular flexibility index (Phi) is 4.58. The largest absolute Gasteiger partial charge is 0.378 e. The predicted octanol–water partition coefficient (Wildman–Crippen LogP) is 4.89. The predicted molar refractivity (Wildman–Crippen MR) is 83.2 cm³/mol. The fourth-order valence-corrected chi connectivity index (χ4v) is 1.99. The van der Waals surface area contributed by atoms with Gasteiger partial charge in [0.05, 0.1) is 11.4 Å². The van der Waals surface area contributed by atoms with Gasteiger partial charge < -0.3 is 4.90 Å². The number of benzene rings is 2. The van der Waals surface area contributed by atoms with Gasteiger partial charge >= 0.3 is 0 Å². The van der Waals surface area contributed by atoms with Gasteiger partial charge in [0.25, 0.3) is 0 Å². The number of anilines is 1. The average Bonchev–Trinajstić information content (AvgIpc) is 2.46. The average molecular weight is 271 g/mol. The Labute approximate surface area is 118 Å². The van der Waals surface area contributed by atoms with Gasteiger partial charge in [0, 0.05) is 24.7 Å². The minimum Gasteiger partial charge on any atom is -0.378 e. The van der Waals surface area contributed by atoms with Gasteiger partial charge in [0.2, 0.25) is 0 Å². The summed E-state index contributed by atoms with van der Waals surface area (Å²) in [5.74, 6) is 0. The zero-order valence-electron chi connectivity index (χ0n) is 11.4. The lowest BCUT2D eigenvalue weighted by Crippen LogP contribution is -2.07. The lowest BCUT2D eigenvalue weighted by atomic mass is 10.3. The van der Waals surface area contributed by atoms with Gasteiger partial charge in [-0.1, -0.05) is 0 Å². The maximum absolute atomic E-state index is 4.23. The molecule has 0 aromatic heterocycles. The molecule has 0 saturated carbocycles. The highest BCUT2D eigenvalue weighted by Gasteiger charge is 1.95. The molecule has 0 amide bonds. The van der Waals surface area contributed by atoms with E-state index in [1.54, 1.807) is 11.8 Å². The van der Waals surface area contributed by atoms with Crippen molar-refractivity contribution in [1.29, 1.82) is 0 Å². The second-order valence-corrected chi connectivity index (χ2v) is 5.19. The van der Waals surface area contributed by atoms with E-state index in [0.29, 0.717) is 0 Å². The van der Waals surface area contributed by atoms with E-state index in [1.165, 1.54) is 4.90 Å². The highest BCUT2D eigenvalue weighted by atomic mass is 32.2.